The predicted octanol–water partition coefficient (Wildman–Crippen LogP) is 1.23. The molecule has 6 heteroatoms. The highest BCUT2D eigenvalue weighted by Crippen LogP contribution is 2.28. The highest BCUT2D eigenvalue weighted by Gasteiger charge is 2.36. The van der Waals surface area contributed by atoms with E-state index in [2.05, 4.69) is 10.4 Å². The van der Waals surface area contributed by atoms with E-state index in [0.717, 1.165) is 18.5 Å². The number of carboxylic acid groups (broad SMARTS) is 1. The molecule has 6 nitrogen and oxygen atoms in total. The Morgan fingerprint density at radius 3 is 2.62 bits per heavy atom. The van der Waals surface area contributed by atoms with Crippen molar-refractivity contribution in [3.8, 4) is 0 Å². The van der Waals surface area contributed by atoms with Gasteiger partial charge < -0.3 is 10.4 Å². The van der Waals surface area contributed by atoms with Crippen molar-refractivity contribution in [2.24, 2.45) is 11.0 Å². The predicted molar refractivity (Wildman–Crippen MR) is 78.1 cm³/mol. The normalized spacial score (nSPS) is 21.0. The number of carbonyl (C=O) groups excluding carboxylic acids is 1. The maximum atomic E-state index is 12.3. The Hall–Kier alpha value is -2.37. The zero-order valence-corrected chi connectivity index (χ0v) is 11.5. The van der Waals surface area contributed by atoms with Crippen LogP contribution in [0.5, 0.6) is 0 Å². The minimum absolute atomic E-state index is 0.0189. The van der Waals surface area contributed by atoms with Gasteiger partial charge in [-0.25, -0.2) is 4.79 Å². The zero-order valence-electron chi connectivity index (χ0n) is 11.5. The highest BCUT2D eigenvalue weighted by atomic mass is 16.4. The number of hydrogen-bond acceptors (Lipinski definition) is 4. The molecule has 1 aromatic carbocycles. The van der Waals surface area contributed by atoms with Crippen LogP contribution in [-0.2, 0) is 9.59 Å². The summed E-state index contributed by atoms with van der Waals surface area (Å²) in [4.78, 5) is 23.4. The number of anilines is 1. The van der Waals surface area contributed by atoms with Crippen LogP contribution in [0, 0.1) is 5.92 Å². The van der Waals surface area contributed by atoms with Gasteiger partial charge in [0, 0.05) is 13.0 Å². The minimum Gasteiger partial charge on any atom is -0.477 e. The fourth-order valence-electron chi connectivity index (χ4n) is 2.35. The van der Waals surface area contributed by atoms with Crippen LogP contribution in [-0.4, -0.2) is 35.3 Å². The van der Waals surface area contributed by atoms with Crippen LogP contribution in [0.2, 0.25) is 0 Å². The molecule has 1 amide bonds. The number of aliphatic carboxylic acids is 1. The van der Waals surface area contributed by atoms with E-state index >= 15 is 0 Å². The van der Waals surface area contributed by atoms with Gasteiger partial charge in [0.15, 0.2) is 0 Å². The summed E-state index contributed by atoms with van der Waals surface area (Å²) < 4.78 is 0. The molecule has 110 valence electrons. The number of nitrogens with zero attached hydrogens (tertiary/aromatic N) is 2. The van der Waals surface area contributed by atoms with Gasteiger partial charge in [-0.05, 0) is 30.9 Å². The monoisotopic (exact) mass is 287 g/mol. The second-order valence-corrected chi connectivity index (χ2v) is 5.44. The molecule has 0 aromatic heterocycles. The number of nitrogens with one attached hydrogen (secondary N) is 1. The molecule has 1 saturated carbocycles. The van der Waals surface area contributed by atoms with Gasteiger partial charge in [-0.1, -0.05) is 18.2 Å². The lowest BCUT2D eigenvalue weighted by Gasteiger charge is -2.22. The first-order chi connectivity index (χ1) is 10.1. The number of para-hydroxylation sites is 1. The molecule has 2 aliphatic rings. The van der Waals surface area contributed by atoms with E-state index in [-0.39, 0.29) is 18.0 Å². The Morgan fingerprint density at radius 2 is 2.00 bits per heavy atom. The first-order valence-corrected chi connectivity index (χ1v) is 7.08. The van der Waals surface area contributed by atoms with E-state index in [9.17, 15) is 9.59 Å². The lowest BCUT2D eigenvalue weighted by molar-refractivity contribution is -0.129. The van der Waals surface area contributed by atoms with E-state index in [4.69, 9.17) is 5.11 Å². The third kappa shape index (κ3) is 3.04. The maximum absolute atomic E-state index is 12.3. The smallest absolute Gasteiger partial charge is 0.352 e. The van der Waals surface area contributed by atoms with Crippen LogP contribution in [0.3, 0.4) is 0 Å². The van der Waals surface area contributed by atoms with Gasteiger partial charge >= 0.3 is 5.97 Å². The minimum atomic E-state index is -1.08. The lowest BCUT2D eigenvalue weighted by Crippen LogP contribution is -2.43. The van der Waals surface area contributed by atoms with Crippen molar-refractivity contribution in [2.75, 3.05) is 11.6 Å². The molecule has 0 spiro atoms. The zero-order chi connectivity index (χ0) is 14.8. The topological polar surface area (TPSA) is 82.0 Å². The summed E-state index contributed by atoms with van der Waals surface area (Å²) in [6.07, 6.45) is 2.44. The summed E-state index contributed by atoms with van der Waals surface area (Å²) in [6.45, 7) is 0.667. The quantitative estimate of drug-likeness (QED) is 0.853. The largest absolute Gasteiger partial charge is 0.477 e. The Morgan fingerprint density at radius 1 is 1.29 bits per heavy atom. The third-order valence-electron chi connectivity index (χ3n) is 3.74. The summed E-state index contributed by atoms with van der Waals surface area (Å²) in [6, 6.07) is 8.58. The molecule has 1 aliphatic heterocycles. The fourth-order valence-corrected chi connectivity index (χ4v) is 2.35. The van der Waals surface area contributed by atoms with Crippen LogP contribution in [0.25, 0.3) is 0 Å². The number of carbonyl (C=O) groups is 2. The SMILES string of the molecule is O=C(O)C1=NN(c2ccccc2)[C@@H](C(=O)NCC2CC2)C1. The molecule has 1 fully saturated rings. The van der Waals surface area contributed by atoms with Gasteiger partial charge in [0.25, 0.3) is 0 Å². The Bertz CT molecular complexity index is 581. The molecule has 0 bridgehead atoms. The number of hydrazone groups is 1. The lowest BCUT2D eigenvalue weighted by atomic mass is 10.1. The summed E-state index contributed by atoms with van der Waals surface area (Å²) in [7, 11) is 0. The van der Waals surface area contributed by atoms with Crippen molar-refractivity contribution < 1.29 is 14.7 Å². The second-order valence-electron chi connectivity index (χ2n) is 5.44. The van der Waals surface area contributed by atoms with Gasteiger partial charge in [-0.3, -0.25) is 9.80 Å². The van der Waals surface area contributed by atoms with E-state index in [0.29, 0.717) is 12.5 Å². The standard InChI is InChI=1S/C15H17N3O3/c19-14(16-9-10-6-7-10)13-8-12(15(20)21)17-18(13)11-4-2-1-3-5-11/h1-5,10,13H,6-9H2,(H,16,19)(H,20,21)/t13-/m1/s1. The molecular formula is C15H17N3O3. The Labute approximate surface area is 122 Å². The number of benzene rings is 1. The number of hydrogen-bond donors (Lipinski definition) is 2. The molecule has 2 N–H and O–H groups in total. The second kappa shape index (κ2) is 5.55. The number of rotatable bonds is 5. The van der Waals surface area contributed by atoms with Gasteiger partial charge in [0.05, 0.1) is 5.69 Å². The maximum Gasteiger partial charge on any atom is 0.352 e. The molecule has 3 rings (SSSR count). The van der Waals surface area contributed by atoms with Crippen molar-refractivity contribution in [3.63, 3.8) is 0 Å². The van der Waals surface area contributed by atoms with Crippen LogP contribution in [0.15, 0.2) is 35.4 Å². The Kier molecular flexibility index (Phi) is 3.60. The summed E-state index contributed by atoms with van der Waals surface area (Å²) in [5, 5.41) is 17.6. The highest BCUT2D eigenvalue weighted by molar-refractivity contribution is 6.37. The molecule has 1 aromatic rings. The molecule has 0 radical (unpaired) electrons. The first kappa shape index (κ1) is 13.6. The molecule has 0 saturated heterocycles. The van der Waals surface area contributed by atoms with E-state index in [1.54, 1.807) is 0 Å². The molecular weight excluding hydrogens is 270 g/mol. The average Bonchev–Trinajstić information content (AvgIpc) is 3.21. The van der Waals surface area contributed by atoms with Crippen LogP contribution < -0.4 is 10.3 Å². The van der Waals surface area contributed by atoms with Crippen molar-refractivity contribution in [1.29, 1.82) is 0 Å². The van der Waals surface area contributed by atoms with Crippen molar-refractivity contribution in [3.05, 3.63) is 30.3 Å². The number of amides is 1. The Balaban J connectivity index is 1.77. The van der Waals surface area contributed by atoms with E-state index in [1.807, 2.05) is 30.3 Å². The summed E-state index contributed by atoms with van der Waals surface area (Å²) in [5.74, 6) is -0.653. The molecule has 1 atom stereocenters. The van der Waals surface area contributed by atoms with Gasteiger partial charge in [0.2, 0.25) is 5.91 Å². The van der Waals surface area contributed by atoms with Crippen LogP contribution in [0.4, 0.5) is 5.69 Å². The average molecular weight is 287 g/mol. The van der Waals surface area contributed by atoms with E-state index < -0.39 is 12.0 Å². The van der Waals surface area contributed by atoms with Crippen LogP contribution in [0.1, 0.15) is 19.3 Å². The van der Waals surface area contributed by atoms with Crippen molar-refractivity contribution >= 4 is 23.3 Å². The summed E-state index contributed by atoms with van der Waals surface area (Å²) >= 11 is 0. The van der Waals surface area contributed by atoms with Crippen molar-refractivity contribution in [1.82, 2.24) is 5.32 Å². The van der Waals surface area contributed by atoms with Gasteiger partial charge in [0.1, 0.15) is 11.8 Å². The first-order valence-electron chi connectivity index (χ1n) is 7.08. The van der Waals surface area contributed by atoms with Crippen LogP contribution >= 0.6 is 0 Å². The summed E-state index contributed by atoms with van der Waals surface area (Å²) in [5.41, 5.74) is 0.741. The molecule has 0 unspecified atom stereocenters. The van der Waals surface area contributed by atoms with E-state index in [1.165, 1.54) is 5.01 Å². The fraction of sp³-hybridized carbons (Fsp3) is 0.400. The van der Waals surface area contributed by atoms with Gasteiger partial charge in [-0.2, -0.15) is 5.10 Å². The third-order valence-corrected chi connectivity index (χ3v) is 3.74. The molecule has 1 aliphatic carbocycles. The number of carboxylic acids is 1. The van der Waals surface area contributed by atoms with Gasteiger partial charge in [-0.15, -0.1) is 0 Å². The molecule has 21 heavy (non-hydrogen) atoms. The van der Waals surface area contributed by atoms with Crippen molar-refractivity contribution in [2.45, 2.75) is 25.3 Å². The molecule has 1 heterocycles.